The van der Waals surface area contributed by atoms with Crippen LogP contribution < -0.4 is 11.0 Å². The molecular formula is C19H29Cl2N5O3. The van der Waals surface area contributed by atoms with Gasteiger partial charge in [-0.15, -0.1) is 24.8 Å². The molecule has 0 saturated carbocycles. The Hall–Kier alpha value is -1.87. The van der Waals surface area contributed by atoms with Crippen LogP contribution in [0.15, 0.2) is 29.1 Å². The van der Waals surface area contributed by atoms with E-state index in [2.05, 4.69) is 15.3 Å². The molecule has 1 saturated heterocycles. The number of hydrogen-bond donors (Lipinski definition) is 2. The van der Waals surface area contributed by atoms with E-state index >= 15 is 0 Å². The molecule has 1 fully saturated rings. The van der Waals surface area contributed by atoms with Crippen LogP contribution in [0.2, 0.25) is 0 Å². The van der Waals surface area contributed by atoms with E-state index in [-0.39, 0.29) is 36.9 Å². The third kappa shape index (κ3) is 6.85. The number of benzene rings is 1. The van der Waals surface area contributed by atoms with Crippen LogP contribution in [0.3, 0.4) is 0 Å². The average Bonchev–Trinajstić information content (AvgIpc) is 2.82. The number of rotatable bonds is 7. The zero-order valence-corrected chi connectivity index (χ0v) is 18.2. The van der Waals surface area contributed by atoms with Crippen molar-refractivity contribution in [3.8, 4) is 5.69 Å². The number of hydrogen-bond acceptors (Lipinski definition) is 5. The summed E-state index contributed by atoms with van der Waals surface area (Å²) < 4.78 is 3.14. The summed E-state index contributed by atoms with van der Waals surface area (Å²) >= 11 is 0. The molecule has 10 heteroatoms. The average molecular weight is 446 g/mol. The molecule has 0 bridgehead atoms. The Morgan fingerprint density at radius 1 is 1.14 bits per heavy atom. The highest BCUT2D eigenvalue weighted by molar-refractivity contribution is 5.85. The fourth-order valence-corrected chi connectivity index (χ4v) is 3.38. The van der Waals surface area contributed by atoms with Crippen molar-refractivity contribution in [2.24, 2.45) is 0 Å². The van der Waals surface area contributed by atoms with Gasteiger partial charge in [-0.2, -0.15) is 5.10 Å². The monoisotopic (exact) mass is 445 g/mol. The topological polar surface area (TPSA) is 92.4 Å². The highest BCUT2D eigenvalue weighted by atomic mass is 35.5. The Bertz CT molecular complexity index is 827. The van der Waals surface area contributed by atoms with E-state index in [1.807, 2.05) is 31.2 Å². The van der Waals surface area contributed by atoms with Gasteiger partial charge in [0.1, 0.15) is 5.82 Å². The number of carboxylic acid groups (broad SMARTS) is 1. The standard InChI is InChI=1S/C19H27N5O3.2ClH/c1-15-21-23(14-13-22-11-2-9-20-10-12-22)19(27)24(15)17-6-3-16(4-7-17)5-8-18(25)26;;/h3-4,6-7,20H,2,5,8-14H2,1H3,(H,25,26);2*1H. The summed E-state index contributed by atoms with van der Waals surface area (Å²) in [5.74, 6) is -0.163. The molecule has 29 heavy (non-hydrogen) atoms. The number of aryl methyl sites for hydroxylation is 2. The number of aliphatic carboxylic acids is 1. The van der Waals surface area contributed by atoms with Crippen molar-refractivity contribution in [1.82, 2.24) is 24.6 Å². The molecule has 1 aliphatic heterocycles. The maximum atomic E-state index is 12.8. The summed E-state index contributed by atoms with van der Waals surface area (Å²) in [5, 5.41) is 16.6. The molecule has 162 valence electrons. The van der Waals surface area contributed by atoms with Crippen LogP contribution in [-0.4, -0.2) is 63.0 Å². The molecule has 8 nitrogen and oxygen atoms in total. The molecule has 3 rings (SSSR count). The first-order chi connectivity index (χ1) is 13.0. The molecule has 0 spiro atoms. The Morgan fingerprint density at radius 2 is 1.86 bits per heavy atom. The number of nitrogens with one attached hydrogen (secondary N) is 1. The first kappa shape index (κ1) is 25.2. The maximum absolute atomic E-state index is 12.8. The quantitative estimate of drug-likeness (QED) is 0.670. The second-order valence-electron chi connectivity index (χ2n) is 6.89. The summed E-state index contributed by atoms with van der Waals surface area (Å²) in [6.45, 7) is 7.27. The fourth-order valence-electron chi connectivity index (χ4n) is 3.38. The number of carbonyl (C=O) groups is 1. The number of carboxylic acids is 1. The van der Waals surface area contributed by atoms with Crippen LogP contribution in [0.25, 0.3) is 5.69 Å². The van der Waals surface area contributed by atoms with Gasteiger partial charge >= 0.3 is 11.7 Å². The largest absolute Gasteiger partial charge is 0.481 e. The lowest BCUT2D eigenvalue weighted by Gasteiger charge is -2.18. The summed E-state index contributed by atoms with van der Waals surface area (Å²) in [5.41, 5.74) is 1.55. The molecule has 2 aromatic rings. The van der Waals surface area contributed by atoms with Crippen molar-refractivity contribution in [2.75, 3.05) is 32.7 Å². The summed E-state index contributed by atoms with van der Waals surface area (Å²) in [6.07, 6.45) is 1.70. The molecule has 2 N–H and O–H groups in total. The lowest BCUT2D eigenvalue weighted by Crippen LogP contribution is -2.34. The van der Waals surface area contributed by atoms with Gasteiger partial charge in [0.2, 0.25) is 0 Å². The fraction of sp³-hybridized carbons (Fsp3) is 0.526. The third-order valence-electron chi connectivity index (χ3n) is 4.88. The van der Waals surface area contributed by atoms with Crippen molar-refractivity contribution in [3.63, 3.8) is 0 Å². The highest BCUT2D eigenvalue weighted by Crippen LogP contribution is 2.11. The summed E-state index contributed by atoms with van der Waals surface area (Å²) in [7, 11) is 0. The van der Waals surface area contributed by atoms with Gasteiger partial charge in [-0.1, -0.05) is 12.1 Å². The number of halogens is 2. The van der Waals surface area contributed by atoms with Crippen molar-refractivity contribution < 1.29 is 9.90 Å². The van der Waals surface area contributed by atoms with Gasteiger partial charge in [0.15, 0.2) is 0 Å². The molecule has 0 atom stereocenters. The van der Waals surface area contributed by atoms with E-state index in [0.717, 1.165) is 50.4 Å². The van der Waals surface area contributed by atoms with E-state index in [4.69, 9.17) is 5.11 Å². The zero-order valence-electron chi connectivity index (χ0n) is 16.5. The van der Waals surface area contributed by atoms with Gasteiger partial charge in [-0.3, -0.25) is 4.79 Å². The molecule has 0 radical (unpaired) electrons. The molecule has 0 unspecified atom stereocenters. The van der Waals surface area contributed by atoms with Gasteiger partial charge in [-0.05, 0) is 50.6 Å². The van der Waals surface area contributed by atoms with E-state index in [1.165, 1.54) is 4.68 Å². The van der Waals surface area contributed by atoms with Crippen molar-refractivity contribution >= 4 is 30.8 Å². The van der Waals surface area contributed by atoms with Crippen molar-refractivity contribution in [3.05, 3.63) is 46.1 Å². The number of nitrogens with zero attached hydrogens (tertiary/aromatic N) is 4. The van der Waals surface area contributed by atoms with E-state index < -0.39 is 5.97 Å². The van der Waals surface area contributed by atoms with Crippen molar-refractivity contribution in [1.29, 1.82) is 0 Å². The van der Waals surface area contributed by atoms with Gasteiger partial charge in [0, 0.05) is 26.1 Å². The molecule has 1 aliphatic rings. The smallest absolute Gasteiger partial charge is 0.350 e. The predicted octanol–water partition coefficient (Wildman–Crippen LogP) is 1.50. The van der Waals surface area contributed by atoms with Crippen LogP contribution in [0, 0.1) is 6.92 Å². The van der Waals surface area contributed by atoms with Crippen LogP contribution in [0.4, 0.5) is 0 Å². The van der Waals surface area contributed by atoms with E-state index in [1.54, 1.807) is 4.57 Å². The van der Waals surface area contributed by atoms with Gasteiger partial charge in [0.25, 0.3) is 0 Å². The molecule has 0 aliphatic carbocycles. The minimum Gasteiger partial charge on any atom is -0.481 e. The first-order valence-electron chi connectivity index (χ1n) is 9.45. The lowest BCUT2D eigenvalue weighted by molar-refractivity contribution is -0.136. The minimum absolute atomic E-state index is 0. The predicted molar refractivity (Wildman–Crippen MR) is 117 cm³/mol. The summed E-state index contributed by atoms with van der Waals surface area (Å²) in [4.78, 5) is 25.8. The minimum atomic E-state index is -0.812. The van der Waals surface area contributed by atoms with Gasteiger partial charge < -0.3 is 15.3 Å². The lowest BCUT2D eigenvalue weighted by atomic mass is 10.1. The van der Waals surface area contributed by atoms with E-state index in [9.17, 15) is 9.59 Å². The molecular weight excluding hydrogens is 417 g/mol. The Labute approximate surface area is 182 Å². The summed E-state index contributed by atoms with van der Waals surface area (Å²) in [6, 6.07) is 7.42. The van der Waals surface area contributed by atoms with Gasteiger partial charge in [0.05, 0.1) is 12.2 Å². The molecule has 2 heterocycles. The Balaban J connectivity index is 0.00000210. The molecule has 1 aromatic heterocycles. The van der Waals surface area contributed by atoms with Crippen LogP contribution >= 0.6 is 24.8 Å². The third-order valence-corrected chi connectivity index (χ3v) is 4.88. The first-order valence-corrected chi connectivity index (χ1v) is 9.45. The normalized spacial score (nSPS) is 14.5. The molecule has 0 amide bonds. The second-order valence-corrected chi connectivity index (χ2v) is 6.89. The Morgan fingerprint density at radius 3 is 2.55 bits per heavy atom. The highest BCUT2D eigenvalue weighted by Gasteiger charge is 2.14. The zero-order chi connectivity index (χ0) is 19.2. The second kappa shape index (κ2) is 12.0. The SMILES string of the molecule is Cc1nn(CCN2CCCNCC2)c(=O)n1-c1ccc(CCC(=O)O)cc1.Cl.Cl. The van der Waals surface area contributed by atoms with Crippen LogP contribution in [0.5, 0.6) is 0 Å². The van der Waals surface area contributed by atoms with Gasteiger partial charge in [-0.25, -0.2) is 14.0 Å². The van der Waals surface area contributed by atoms with Crippen LogP contribution in [-0.2, 0) is 17.8 Å². The molecule has 1 aromatic carbocycles. The van der Waals surface area contributed by atoms with Crippen LogP contribution in [0.1, 0.15) is 24.2 Å². The van der Waals surface area contributed by atoms with E-state index in [0.29, 0.717) is 18.8 Å². The Kier molecular flexibility index (Phi) is 10.4. The van der Waals surface area contributed by atoms with Crippen molar-refractivity contribution in [2.45, 2.75) is 32.7 Å². The number of aromatic nitrogens is 3. The maximum Gasteiger partial charge on any atom is 0.350 e.